The molecule has 0 spiro atoms. The first-order chi connectivity index (χ1) is 12.8. The maximum absolute atomic E-state index is 12.2. The monoisotopic (exact) mass is 353 g/mol. The Morgan fingerprint density at radius 3 is 2.81 bits per heavy atom. The van der Waals surface area contributed by atoms with Crippen LogP contribution in [-0.4, -0.2) is 42.0 Å². The Balaban J connectivity index is 1.43. The zero-order valence-electron chi connectivity index (χ0n) is 15.4. The quantitative estimate of drug-likeness (QED) is 0.705. The molecule has 2 heterocycles. The number of pyridine rings is 1. The molecule has 1 unspecified atom stereocenters. The molecule has 5 nitrogen and oxygen atoms in total. The van der Waals surface area contributed by atoms with Crippen molar-refractivity contribution in [2.45, 2.75) is 38.3 Å². The van der Waals surface area contributed by atoms with Gasteiger partial charge in [0.05, 0.1) is 12.8 Å². The molecule has 26 heavy (non-hydrogen) atoms. The molecule has 138 valence electrons. The highest BCUT2D eigenvalue weighted by Crippen LogP contribution is 2.22. The van der Waals surface area contributed by atoms with Crippen molar-refractivity contribution in [2.24, 2.45) is 0 Å². The fraction of sp³-hybridized carbons (Fsp3) is 0.429. The number of carbonyl (C=O) groups is 1. The Hall–Kier alpha value is -2.40. The average Bonchev–Trinajstić information content (AvgIpc) is 3.04. The molecular weight excluding hydrogens is 326 g/mol. The molecule has 1 N–H and O–H groups in total. The summed E-state index contributed by atoms with van der Waals surface area (Å²) in [7, 11) is 1.67. The molecule has 0 radical (unpaired) electrons. The van der Waals surface area contributed by atoms with Crippen molar-refractivity contribution in [1.82, 2.24) is 15.2 Å². The highest BCUT2D eigenvalue weighted by molar-refractivity contribution is 5.78. The Morgan fingerprint density at radius 1 is 1.23 bits per heavy atom. The standard InChI is InChI=1S/C21H27N3O2/c1-26-20-8-5-17(6-9-20)12-15-24-19(7-10-21(24)25)11-14-22-16-18-4-2-3-13-23-18/h2-6,8-9,13,19,22H,7,10-12,14-16H2,1H3. The highest BCUT2D eigenvalue weighted by Gasteiger charge is 2.29. The third-order valence-electron chi connectivity index (χ3n) is 4.94. The van der Waals surface area contributed by atoms with E-state index in [1.807, 2.05) is 36.5 Å². The van der Waals surface area contributed by atoms with Gasteiger partial charge in [0, 0.05) is 31.7 Å². The summed E-state index contributed by atoms with van der Waals surface area (Å²) in [6.07, 6.45) is 5.32. The maximum Gasteiger partial charge on any atom is 0.222 e. The first kappa shape index (κ1) is 18.4. The van der Waals surface area contributed by atoms with Crippen LogP contribution in [0.1, 0.15) is 30.5 Å². The molecule has 1 fully saturated rings. The summed E-state index contributed by atoms with van der Waals surface area (Å²) in [5.74, 6) is 1.15. The normalized spacial score (nSPS) is 16.9. The summed E-state index contributed by atoms with van der Waals surface area (Å²) in [4.78, 5) is 18.6. The minimum atomic E-state index is 0.285. The van der Waals surface area contributed by atoms with Gasteiger partial charge in [0.25, 0.3) is 0 Å². The van der Waals surface area contributed by atoms with E-state index in [1.165, 1.54) is 5.56 Å². The van der Waals surface area contributed by atoms with Crippen LogP contribution in [0.3, 0.4) is 0 Å². The third kappa shape index (κ3) is 5.05. The van der Waals surface area contributed by atoms with Gasteiger partial charge in [-0.15, -0.1) is 0 Å². The highest BCUT2D eigenvalue weighted by atomic mass is 16.5. The summed E-state index contributed by atoms with van der Waals surface area (Å²) in [5.41, 5.74) is 2.28. The summed E-state index contributed by atoms with van der Waals surface area (Å²) in [5, 5.41) is 3.44. The van der Waals surface area contributed by atoms with E-state index in [1.54, 1.807) is 7.11 Å². The van der Waals surface area contributed by atoms with Crippen molar-refractivity contribution >= 4 is 5.91 Å². The molecule has 5 heteroatoms. The minimum Gasteiger partial charge on any atom is -0.497 e. The molecule has 1 aliphatic rings. The maximum atomic E-state index is 12.2. The summed E-state index contributed by atoms with van der Waals surface area (Å²) in [6, 6.07) is 14.4. The van der Waals surface area contributed by atoms with Crippen molar-refractivity contribution in [3.63, 3.8) is 0 Å². The predicted molar refractivity (Wildman–Crippen MR) is 102 cm³/mol. The number of aromatic nitrogens is 1. The van der Waals surface area contributed by atoms with Gasteiger partial charge in [-0.1, -0.05) is 18.2 Å². The molecule has 2 aromatic rings. The van der Waals surface area contributed by atoms with Gasteiger partial charge in [-0.05, 0) is 55.6 Å². The number of methoxy groups -OCH3 is 1. The van der Waals surface area contributed by atoms with E-state index in [-0.39, 0.29) is 5.91 Å². The second-order valence-corrected chi connectivity index (χ2v) is 6.66. The van der Waals surface area contributed by atoms with E-state index < -0.39 is 0 Å². The topological polar surface area (TPSA) is 54.5 Å². The molecule has 0 bridgehead atoms. The molecular formula is C21H27N3O2. The van der Waals surface area contributed by atoms with Gasteiger partial charge in [-0.2, -0.15) is 0 Å². The molecule has 1 aliphatic heterocycles. The number of hydrogen-bond acceptors (Lipinski definition) is 4. The van der Waals surface area contributed by atoms with Crippen LogP contribution >= 0.6 is 0 Å². The first-order valence-corrected chi connectivity index (χ1v) is 9.29. The average molecular weight is 353 g/mol. The lowest BCUT2D eigenvalue weighted by Crippen LogP contribution is -2.36. The Kier molecular flexibility index (Phi) is 6.61. The van der Waals surface area contributed by atoms with E-state index in [4.69, 9.17) is 4.74 Å². The van der Waals surface area contributed by atoms with E-state index in [0.717, 1.165) is 50.3 Å². The summed E-state index contributed by atoms with van der Waals surface area (Å²) < 4.78 is 5.19. The Morgan fingerprint density at radius 2 is 2.08 bits per heavy atom. The van der Waals surface area contributed by atoms with Crippen LogP contribution in [0.25, 0.3) is 0 Å². The second kappa shape index (κ2) is 9.34. The van der Waals surface area contributed by atoms with Crippen LogP contribution in [0.2, 0.25) is 0 Å². The number of rotatable bonds is 9. The number of nitrogens with one attached hydrogen (secondary N) is 1. The van der Waals surface area contributed by atoms with Gasteiger partial charge in [-0.3, -0.25) is 9.78 Å². The molecule has 3 rings (SSSR count). The Labute approximate surface area is 155 Å². The Bertz CT molecular complexity index is 688. The van der Waals surface area contributed by atoms with Crippen molar-refractivity contribution < 1.29 is 9.53 Å². The van der Waals surface area contributed by atoms with E-state index >= 15 is 0 Å². The SMILES string of the molecule is COc1ccc(CCN2C(=O)CCC2CCNCc2ccccn2)cc1. The number of hydrogen-bond donors (Lipinski definition) is 1. The van der Waals surface area contributed by atoms with Crippen LogP contribution in [0.4, 0.5) is 0 Å². The molecule has 1 amide bonds. The minimum absolute atomic E-state index is 0.285. The molecule has 0 aliphatic carbocycles. The third-order valence-corrected chi connectivity index (χ3v) is 4.94. The lowest BCUT2D eigenvalue weighted by Gasteiger charge is -2.25. The van der Waals surface area contributed by atoms with Crippen molar-refractivity contribution in [3.8, 4) is 5.75 Å². The molecule has 1 atom stereocenters. The zero-order valence-corrected chi connectivity index (χ0v) is 15.4. The van der Waals surface area contributed by atoms with Crippen LogP contribution in [-0.2, 0) is 17.8 Å². The molecule has 0 saturated carbocycles. The van der Waals surface area contributed by atoms with E-state index in [0.29, 0.717) is 12.5 Å². The summed E-state index contributed by atoms with van der Waals surface area (Å²) in [6.45, 7) is 2.46. The number of likely N-dealkylation sites (tertiary alicyclic amines) is 1. The number of ether oxygens (including phenoxy) is 1. The van der Waals surface area contributed by atoms with Crippen molar-refractivity contribution in [1.29, 1.82) is 0 Å². The lowest BCUT2D eigenvalue weighted by molar-refractivity contribution is -0.129. The van der Waals surface area contributed by atoms with Crippen LogP contribution in [0.15, 0.2) is 48.7 Å². The predicted octanol–water partition coefficient (Wildman–Crippen LogP) is 2.80. The van der Waals surface area contributed by atoms with Crippen LogP contribution < -0.4 is 10.1 Å². The molecule has 1 aromatic heterocycles. The van der Waals surface area contributed by atoms with Crippen LogP contribution in [0.5, 0.6) is 5.75 Å². The smallest absolute Gasteiger partial charge is 0.222 e. The largest absolute Gasteiger partial charge is 0.497 e. The van der Waals surface area contributed by atoms with E-state index in [2.05, 4.69) is 27.3 Å². The van der Waals surface area contributed by atoms with Gasteiger partial charge in [0.15, 0.2) is 0 Å². The number of benzene rings is 1. The fourth-order valence-corrected chi connectivity index (χ4v) is 3.43. The number of amides is 1. The van der Waals surface area contributed by atoms with E-state index in [9.17, 15) is 4.79 Å². The first-order valence-electron chi connectivity index (χ1n) is 9.29. The van der Waals surface area contributed by atoms with Crippen molar-refractivity contribution in [2.75, 3.05) is 20.2 Å². The molecule has 1 saturated heterocycles. The summed E-state index contributed by atoms with van der Waals surface area (Å²) >= 11 is 0. The van der Waals surface area contributed by atoms with Gasteiger partial charge in [0.1, 0.15) is 5.75 Å². The zero-order chi connectivity index (χ0) is 18.2. The molecule has 1 aromatic carbocycles. The second-order valence-electron chi connectivity index (χ2n) is 6.66. The van der Waals surface area contributed by atoms with Gasteiger partial charge in [0.2, 0.25) is 5.91 Å². The van der Waals surface area contributed by atoms with Gasteiger partial charge < -0.3 is 15.0 Å². The lowest BCUT2D eigenvalue weighted by atomic mass is 10.1. The number of carbonyl (C=O) groups excluding carboxylic acids is 1. The van der Waals surface area contributed by atoms with Gasteiger partial charge in [-0.25, -0.2) is 0 Å². The fourth-order valence-electron chi connectivity index (χ4n) is 3.43. The van der Waals surface area contributed by atoms with Crippen molar-refractivity contribution in [3.05, 3.63) is 59.9 Å². The van der Waals surface area contributed by atoms with Crippen LogP contribution in [0, 0.1) is 0 Å². The van der Waals surface area contributed by atoms with Gasteiger partial charge >= 0.3 is 0 Å². The number of nitrogens with zero attached hydrogens (tertiary/aromatic N) is 2.